The summed E-state index contributed by atoms with van der Waals surface area (Å²) in [6.45, 7) is 10.5. The standard InChI is InChI=1S/C21H30N4O4/c1-6-28-16-9-8-14(10-17(16)29-7-2)19(12(3)4)25-18(26)11-15-20(22)23-13(5)24-21(15)27/h8-10,12,19H,6-7,11H2,1-5H3,(H,25,26)(H3,22,23,24,27)/t19-/m1/s1. The number of hydrogen-bond acceptors (Lipinski definition) is 6. The topological polar surface area (TPSA) is 119 Å². The molecule has 8 heteroatoms. The van der Waals surface area contributed by atoms with Gasteiger partial charge in [0.05, 0.1) is 31.2 Å². The molecule has 1 amide bonds. The molecule has 0 aliphatic rings. The van der Waals surface area contributed by atoms with E-state index in [-0.39, 0.29) is 35.7 Å². The van der Waals surface area contributed by atoms with Crippen molar-refractivity contribution >= 4 is 11.7 Å². The van der Waals surface area contributed by atoms with Gasteiger partial charge >= 0.3 is 0 Å². The van der Waals surface area contributed by atoms with Crippen molar-refractivity contribution < 1.29 is 14.3 Å². The monoisotopic (exact) mass is 402 g/mol. The Morgan fingerprint density at radius 3 is 2.45 bits per heavy atom. The number of nitrogens with zero attached hydrogens (tertiary/aromatic N) is 1. The number of H-pyrrole nitrogens is 1. The molecule has 0 saturated carbocycles. The highest BCUT2D eigenvalue weighted by atomic mass is 16.5. The fourth-order valence-corrected chi connectivity index (χ4v) is 3.08. The van der Waals surface area contributed by atoms with Crippen molar-refractivity contribution in [1.29, 1.82) is 0 Å². The third-order valence-corrected chi connectivity index (χ3v) is 4.41. The maximum absolute atomic E-state index is 12.7. The summed E-state index contributed by atoms with van der Waals surface area (Å²) < 4.78 is 11.3. The number of hydrogen-bond donors (Lipinski definition) is 3. The second-order valence-electron chi connectivity index (χ2n) is 7.05. The molecule has 8 nitrogen and oxygen atoms in total. The summed E-state index contributed by atoms with van der Waals surface area (Å²) in [7, 11) is 0. The van der Waals surface area contributed by atoms with E-state index in [1.807, 2.05) is 45.9 Å². The molecule has 1 aromatic carbocycles. The normalized spacial score (nSPS) is 11.9. The Morgan fingerprint density at radius 2 is 1.86 bits per heavy atom. The zero-order valence-electron chi connectivity index (χ0n) is 17.7. The third-order valence-electron chi connectivity index (χ3n) is 4.41. The van der Waals surface area contributed by atoms with E-state index in [9.17, 15) is 9.59 Å². The predicted octanol–water partition coefficient (Wildman–Crippen LogP) is 2.51. The molecule has 1 atom stereocenters. The van der Waals surface area contributed by atoms with E-state index < -0.39 is 5.56 Å². The maximum Gasteiger partial charge on any atom is 0.256 e. The van der Waals surface area contributed by atoms with Crippen molar-refractivity contribution in [3.05, 3.63) is 45.5 Å². The van der Waals surface area contributed by atoms with E-state index >= 15 is 0 Å². The van der Waals surface area contributed by atoms with E-state index in [1.54, 1.807) is 6.92 Å². The number of nitrogens with one attached hydrogen (secondary N) is 2. The van der Waals surface area contributed by atoms with E-state index in [2.05, 4.69) is 15.3 Å². The maximum atomic E-state index is 12.7. The van der Waals surface area contributed by atoms with Crippen LogP contribution in [-0.4, -0.2) is 29.1 Å². The minimum absolute atomic E-state index is 0.0715. The highest BCUT2D eigenvalue weighted by Gasteiger charge is 2.22. The van der Waals surface area contributed by atoms with Gasteiger partial charge in [0.2, 0.25) is 5.91 Å². The first kappa shape index (κ1) is 22.3. The second kappa shape index (κ2) is 9.95. The Balaban J connectivity index is 2.25. The van der Waals surface area contributed by atoms with Gasteiger partial charge in [0, 0.05) is 0 Å². The van der Waals surface area contributed by atoms with E-state index in [0.29, 0.717) is 30.5 Å². The number of nitrogen functional groups attached to an aromatic ring is 1. The molecule has 0 radical (unpaired) electrons. The van der Waals surface area contributed by atoms with Crippen LogP contribution in [0.2, 0.25) is 0 Å². The number of carbonyl (C=O) groups is 1. The summed E-state index contributed by atoms with van der Waals surface area (Å²) in [5, 5.41) is 3.00. The lowest BCUT2D eigenvalue weighted by molar-refractivity contribution is -0.121. The molecule has 0 bridgehead atoms. The molecule has 2 rings (SSSR count). The zero-order valence-corrected chi connectivity index (χ0v) is 17.7. The molecule has 0 fully saturated rings. The quantitative estimate of drug-likeness (QED) is 0.593. The van der Waals surface area contributed by atoms with Crippen molar-refractivity contribution in [1.82, 2.24) is 15.3 Å². The van der Waals surface area contributed by atoms with Gasteiger partial charge in [0.15, 0.2) is 11.5 Å². The van der Waals surface area contributed by atoms with Gasteiger partial charge in [-0.2, -0.15) is 0 Å². The van der Waals surface area contributed by atoms with Gasteiger partial charge in [-0.3, -0.25) is 9.59 Å². The van der Waals surface area contributed by atoms with Gasteiger partial charge in [-0.25, -0.2) is 4.98 Å². The van der Waals surface area contributed by atoms with Crippen molar-refractivity contribution in [2.75, 3.05) is 18.9 Å². The van der Waals surface area contributed by atoms with Crippen LogP contribution >= 0.6 is 0 Å². The number of aromatic nitrogens is 2. The molecule has 0 aliphatic heterocycles. The number of anilines is 1. The molecule has 29 heavy (non-hydrogen) atoms. The Hall–Kier alpha value is -3.03. The van der Waals surface area contributed by atoms with Crippen molar-refractivity contribution in [2.45, 2.75) is 47.1 Å². The number of carbonyl (C=O) groups excluding carboxylic acids is 1. The molecule has 4 N–H and O–H groups in total. The molecule has 1 heterocycles. The van der Waals surface area contributed by atoms with Gasteiger partial charge < -0.3 is 25.5 Å². The largest absolute Gasteiger partial charge is 0.490 e. The zero-order chi connectivity index (χ0) is 21.6. The van der Waals surface area contributed by atoms with E-state index in [0.717, 1.165) is 5.56 Å². The summed E-state index contributed by atoms with van der Waals surface area (Å²) in [5.41, 5.74) is 6.49. The van der Waals surface area contributed by atoms with Crippen LogP contribution in [0.4, 0.5) is 5.82 Å². The minimum atomic E-state index is -0.397. The van der Waals surface area contributed by atoms with Crippen LogP contribution in [0.5, 0.6) is 11.5 Å². The number of amides is 1. The number of rotatable bonds is 9. The highest BCUT2D eigenvalue weighted by Crippen LogP contribution is 2.33. The molecular weight excluding hydrogens is 372 g/mol. The molecule has 0 spiro atoms. The number of aromatic amines is 1. The van der Waals surface area contributed by atoms with Gasteiger partial charge in [0.1, 0.15) is 11.6 Å². The molecule has 1 aromatic heterocycles. The Morgan fingerprint density at radius 1 is 1.21 bits per heavy atom. The lowest BCUT2D eigenvalue weighted by Crippen LogP contribution is -2.34. The summed E-state index contributed by atoms with van der Waals surface area (Å²) in [4.78, 5) is 31.4. The van der Waals surface area contributed by atoms with Crippen molar-refractivity contribution in [2.24, 2.45) is 5.92 Å². The Bertz CT molecular complexity index is 908. The smallest absolute Gasteiger partial charge is 0.256 e. The van der Waals surface area contributed by atoms with Crippen LogP contribution in [0.3, 0.4) is 0 Å². The average Bonchev–Trinajstić information content (AvgIpc) is 2.64. The Labute approximate surface area is 170 Å². The molecule has 0 aliphatic carbocycles. The fraction of sp³-hybridized carbons (Fsp3) is 0.476. The van der Waals surface area contributed by atoms with Crippen LogP contribution in [0.25, 0.3) is 0 Å². The van der Waals surface area contributed by atoms with Crippen LogP contribution in [0, 0.1) is 12.8 Å². The molecule has 2 aromatic rings. The minimum Gasteiger partial charge on any atom is -0.490 e. The average molecular weight is 402 g/mol. The first-order chi connectivity index (χ1) is 13.8. The fourth-order valence-electron chi connectivity index (χ4n) is 3.08. The number of nitrogens with two attached hydrogens (primary N) is 1. The highest BCUT2D eigenvalue weighted by molar-refractivity contribution is 5.80. The molecule has 0 unspecified atom stereocenters. The van der Waals surface area contributed by atoms with Crippen LogP contribution < -0.4 is 26.1 Å². The molecular formula is C21H30N4O4. The molecule has 0 saturated heterocycles. The number of ether oxygens (including phenoxy) is 2. The lowest BCUT2D eigenvalue weighted by Gasteiger charge is -2.24. The van der Waals surface area contributed by atoms with Crippen LogP contribution in [-0.2, 0) is 11.2 Å². The van der Waals surface area contributed by atoms with Gasteiger partial charge in [-0.1, -0.05) is 19.9 Å². The third kappa shape index (κ3) is 5.73. The predicted molar refractivity (Wildman–Crippen MR) is 112 cm³/mol. The Kier molecular flexibility index (Phi) is 7.64. The van der Waals surface area contributed by atoms with E-state index in [4.69, 9.17) is 15.2 Å². The van der Waals surface area contributed by atoms with Crippen molar-refractivity contribution in [3.8, 4) is 11.5 Å². The van der Waals surface area contributed by atoms with Gasteiger partial charge in [-0.05, 0) is 44.4 Å². The summed E-state index contributed by atoms with van der Waals surface area (Å²) in [6, 6.07) is 5.37. The van der Waals surface area contributed by atoms with Gasteiger partial charge in [0.25, 0.3) is 5.56 Å². The lowest BCUT2D eigenvalue weighted by atomic mass is 9.95. The van der Waals surface area contributed by atoms with Crippen LogP contribution in [0.1, 0.15) is 50.7 Å². The first-order valence-electron chi connectivity index (χ1n) is 9.80. The number of benzene rings is 1. The van der Waals surface area contributed by atoms with E-state index in [1.165, 1.54) is 0 Å². The SMILES string of the molecule is CCOc1ccc([C@H](NC(=O)Cc2c(N)nc(C)[nH]c2=O)C(C)C)cc1OCC. The second-order valence-corrected chi connectivity index (χ2v) is 7.05. The summed E-state index contributed by atoms with van der Waals surface area (Å²) in [6.07, 6.45) is -0.146. The number of aryl methyl sites for hydroxylation is 1. The summed E-state index contributed by atoms with van der Waals surface area (Å²) in [5.74, 6) is 1.58. The van der Waals surface area contributed by atoms with Crippen molar-refractivity contribution in [3.63, 3.8) is 0 Å². The summed E-state index contributed by atoms with van der Waals surface area (Å²) >= 11 is 0. The molecule has 158 valence electrons. The van der Waals surface area contributed by atoms with Gasteiger partial charge in [-0.15, -0.1) is 0 Å². The first-order valence-corrected chi connectivity index (χ1v) is 9.80. The van der Waals surface area contributed by atoms with Crippen LogP contribution in [0.15, 0.2) is 23.0 Å².